The maximum Gasteiger partial charge on any atom is 0.322 e. The number of nitrogens with one attached hydrogen (secondary N) is 1. The number of hydrogen-bond donors (Lipinski definition) is 3. The van der Waals surface area contributed by atoms with E-state index in [9.17, 15) is 14.4 Å². The van der Waals surface area contributed by atoms with E-state index in [1.54, 1.807) is 29.2 Å². The Bertz CT molecular complexity index is 565. The molecule has 7 nitrogen and oxygen atoms in total. The van der Waals surface area contributed by atoms with Gasteiger partial charge in [0.25, 0.3) is 5.91 Å². The number of carboxylic acid groups (broad SMARTS) is 1. The summed E-state index contributed by atoms with van der Waals surface area (Å²) in [7, 11) is 0. The average molecular weight is 305 g/mol. The first-order chi connectivity index (χ1) is 10.4. The van der Waals surface area contributed by atoms with Crippen LogP contribution in [-0.4, -0.2) is 53.0 Å². The van der Waals surface area contributed by atoms with Crippen LogP contribution in [0.5, 0.6) is 0 Å². The number of rotatable bonds is 4. The summed E-state index contributed by atoms with van der Waals surface area (Å²) in [4.78, 5) is 36.4. The number of likely N-dealkylation sites (tertiary alicyclic amines) is 1. The summed E-state index contributed by atoms with van der Waals surface area (Å²) in [5.41, 5.74) is 5.52. The molecule has 1 saturated heterocycles. The van der Waals surface area contributed by atoms with Crippen LogP contribution in [0.15, 0.2) is 30.3 Å². The first-order valence-electron chi connectivity index (χ1n) is 7.06. The molecule has 0 unspecified atom stereocenters. The van der Waals surface area contributed by atoms with Crippen LogP contribution in [0, 0.1) is 0 Å². The summed E-state index contributed by atoms with van der Waals surface area (Å²) in [6.45, 7) is 0.278. The monoisotopic (exact) mass is 305 g/mol. The third kappa shape index (κ3) is 3.62. The van der Waals surface area contributed by atoms with Crippen molar-refractivity contribution in [3.63, 3.8) is 0 Å². The number of benzene rings is 1. The van der Waals surface area contributed by atoms with Gasteiger partial charge in [0, 0.05) is 18.7 Å². The molecular formula is C15H19N3O4. The van der Waals surface area contributed by atoms with Gasteiger partial charge in [-0.1, -0.05) is 18.2 Å². The first-order valence-corrected chi connectivity index (χ1v) is 7.06. The van der Waals surface area contributed by atoms with Gasteiger partial charge >= 0.3 is 5.97 Å². The van der Waals surface area contributed by atoms with Crippen LogP contribution in [0.4, 0.5) is 0 Å². The van der Waals surface area contributed by atoms with Crippen molar-refractivity contribution >= 4 is 17.8 Å². The molecule has 0 aromatic heterocycles. The van der Waals surface area contributed by atoms with Crippen molar-refractivity contribution in [3.05, 3.63) is 35.9 Å². The standard InChI is InChI=1S/C15H19N3O4/c16-15(14(22)17-10-12(19)20)6-8-18(9-7-15)13(21)11-4-2-1-3-5-11/h1-5H,6-10,16H2,(H,17,22)(H,19,20). The zero-order chi connectivity index (χ0) is 16.2. The Labute approximate surface area is 128 Å². The Morgan fingerprint density at radius 3 is 2.32 bits per heavy atom. The number of carbonyl (C=O) groups excluding carboxylic acids is 2. The zero-order valence-electron chi connectivity index (χ0n) is 12.1. The molecule has 1 aliphatic rings. The Morgan fingerprint density at radius 1 is 1.18 bits per heavy atom. The maximum atomic E-state index is 12.3. The van der Waals surface area contributed by atoms with E-state index in [4.69, 9.17) is 10.8 Å². The van der Waals surface area contributed by atoms with Gasteiger partial charge in [-0.3, -0.25) is 14.4 Å². The number of hydrogen-bond acceptors (Lipinski definition) is 4. The van der Waals surface area contributed by atoms with Gasteiger partial charge in [-0.05, 0) is 25.0 Å². The summed E-state index contributed by atoms with van der Waals surface area (Å²) in [6.07, 6.45) is 0.605. The molecule has 0 radical (unpaired) electrons. The van der Waals surface area contributed by atoms with Gasteiger partial charge in [0.2, 0.25) is 5.91 Å². The Hall–Kier alpha value is -2.41. The van der Waals surface area contributed by atoms with Crippen LogP contribution in [-0.2, 0) is 9.59 Å². The molecule has 0 atom stereocenters. The van der Waals surface area contributed by atoms with E-state index in [-0.39, 0.29) is 5.91 Å². The minimum absolute atomic E-state index is 0.0893. The Morgan fingerprint density at radius 2 is 1.77 bits per heavy atom. The highest BCUT2D eigenvalue weighted by Gasteiger charge is 2.38. The van der Waals surface area contributed by atoms with Gasteiger partial charge in [-0.2, -0.15) is 0 Å². The van der Waals surface area contributed by atoms with Crippen molar-refractivity contribution in [2.45, 2.75) is 18.4 Å². The predicted molar refractivity (Wildman–Crippen MR) is 79.1 cm³/mol. The second kappa shape index (κ2) is 6.57. The topological polar surface area (TPSA) is 113 Å². The number of aliphatic carboxylic acids is 1. The molecule has 118 valence electrons. The van der Waals surface area contributed by atoms with Crippen molar-refractivity contribution in [2.75, 3.05) is 19.6 Å². The van der Waals surface area contributed by atoms with Crippen LogP contribution in [0.3, 0.4) is 0 Å². The number of nitrogens with two attached hydrogens (primary N) is 1. The third-order valence-corrected chi connectivity index (χ3v) is 3.82. The molecular weight excluding hydrogens is 286 g/mol. The minimum Gasteiger partial charge on any atom is -0.480 e. The second-order valence-corrected chi connectivity index (χ2v) is 5.39. The highest BCUT2D eigenvalue weighted by molar-refractivity contribution is 5.95. The van der Waals surface area contributed by atoms with Crippen LogP contribution in [0.2, 0.25) is 0 Å². The van der Waals surface area contributed by atoms with Crippen molar-refractivity contribution in [1.29, 1.82) is 0 Å². The van der Waals surface area contributed by atoms with Gasteiger partial charge < -0.3 is 21.1 Å². The molecule has 7 heteroatoms. The summed E-state index contributed by atoms with van der Waals surface area (Å²) in [6, 6.07) is 8.91. The molecule has 0 aliphatic carbocycles. The van der Waals surface area contributed by atoms with Crippen molar-refractivity contribution < 1.29 is 19.5 Å². The fourth-order valence-corrected chi connectivity index (χ4v) is 2.43. The maximum absolute atomic E-state index is 12.3. The van der Waals surface area contributed by atoms with E-state index in [1.807, 2.05) is 6.07 Å². The lowest BCUT2D eigenvalue weighted by molar-refractivity contribution is -0.139. The molecule has 0 saturated carbocycles. The summed E-state index contributed by atoms with van der Waals surface area (Å²) in [5, 5.41) is 10.9. The van der Waals surface area contributed by atoms with Gasteiger partial charge in [0.05, 0.1) is 5.54 Å². The lowest BCUT2D eigenvalue weighted by atomic mass is 9.87. The minimum atomic E-state index is -1.12. The predicted octanol–water partition coefficient (Wildman–Crippen LogP) is -0.179. The van der Waals surface area contributed by atoms with E-state index in [1.165, 1.54) is 0 Å². The third-order valence-electron chi connectivity index (χ3n) is 3.82. The van der Waals surface area contributed by atoms with E-state index in [0.717, 1.165) is 0 Å². The quantitative estimate of drug-likeness (QED) is 0.714. The fraction of sp³-hybridized carbons (Fsp3) is 0.400. The van der Waals surface area contributed by atoms with Crippen LogP contribution in [0.1, 0.15) is 23.2 Å². The van der Waals surface area contributed by atoms with Gasteiger partial charge in [-0.15, -0.1) is 0 Å². The van der Waals surface area contributed by atoms with Gasteiger partial charge in [0.15, 0.2) is 0 Å². The number of carboxylic acids is 1. The highest BCUT2D eigenvalue weighted by Crippen LogP contribution is 2.21. The number of amides is 2. The lowest BCUT2D eigenvalue weighted by Crippen LogP contribution is -2.60. The SMILES string of the molecule is NC1(C(=O)NCC(=O)O)CCN(C(=O)c2ccccc2)CC1. The number of piperidine rings is 1. The molecule has 1 aliphatic heterocycles. The smallest absolute Gasteiger partial charge is 0.322 e. The second-order valence-electron chi connectivity index (χ2n) is 5.39. The molecule has 0 bridgehead atoms. The molecule has 1 fully saturated rings. The van der Waals surface area contributed by atoms with Crippen LogP contribution >= 0.6 is 0 Å². The van der Waals surface area contributed by atoms with Crippen LogP contribution < -0.4 is 11.1 Å². The molecule has 22 heavy (non-hydrogen) atoms. The van der Waals surface area contributed by atoms with Crippen molar-refractivity contribution in [3.8, 4) is 0 Å². The number of carbonyl (C=O) groups is 3. The average Bonchev–Trinajstić information content (AvgIpc) is 2.53. The number of nitrogens with zero attached hydrogens (tertiary/aromatic N) is 1. The molecule has 0 spiro atoms. The van der Waals surface area contributed by atoms with Gasteiger partial charge in [-0.25, -0.2) is 0 Å². The molecule has 1 heterocycles. The van der Waals surface area contributed by atoms with Crippen molar-refractivity contribution in [1.82, 2.24) is 10.2 Å². The first kappa shape index (κ1) is 16.0. The summed E-state index contributed by atoms with van der Waals surface area (Å²) >= 11 is 0. The Kier molecular flexibility index (Phi) is 4.77. The molecule has 1 aromatic carbocycles. The van der Waals surface area contributed by atoms with E-state index in [2.05, 4.69) is 5.32 Å². The lowest BCUT2D eigenvalue weighted by Gasteiger charge is -2.37. The van der Waals surface area contributed by atoms with Gasteiger partial charge in [0.1, 0.15) is 6.54 Å². The molecule has 2 rings (SSSR count). The van der Waals surface area contributed by atoms with Crippen LogP contribution in [0.25, 0.3) is 0 Å². The fourth-order valence-electron chi connectivity index (χ4n) is 2.43. The van der Waals surface area contributed by atoms with E-state index < -0.39 is 24.0 Å². The molecule has 2 amide bonds. The van der Waals surface area contributed by atoms with E-state index >= 15 is 0 Å². The largest absolute Gasteiger partial charge is 0.480 e. The highest BCUT2D eigenvalue weighted by atomic mass is 16.4. The molecule has 1 aromatic rings. The summed E-state index contributed by atoms with van der Waals surface area (Å²) in [5.74, 6) is -1.69. The van der Waals surface area contributed by atoms with Crippen molar-refractivity contribution in [2.24, 2.45) is 5.73 Å². The normalized spacial score (nSPS) is 16.9. The molecule has 4 N–H and O–H groups in total. The zero-order valence-corrected chi connectivity index (χ0v) is 12.1. The summed E-state index contributed by atoms with van der Waals surface area (Å²) < 4.78 is 0. The van der Waals surface area contributed by atoms with E-state index in [0.29, 0.717) is 31.5 Å². The Balaban J connectivity index is 1.93.